The van der Waals surface area contributed by atoms with Crippen LogP contribution in [-0.4, -0.2) is 15.9 Å². The molecule has 35 heavy (non-hydrogen) atoms. The predicted octanol–water partition coefficient (Wildman–Crippen LogP) is 7.64. The summed E-state index contributed by atoms with van der Waals surface area (Å²) in [5.74, 6) is 1.12. The highest BCUT2D eigenvalue weighted by atomic mass is 79.9. The Morgan fingerprint density at radius 3 is 2.46 bits per heavy atom. The fourth-order valence-electron chi connectivity index (χ4n) is 3.50. The van der Waals surface area contributed by atoms with Crippen molar-refractivity contribution >= 4 is 60.6 Å². The molecule has 8 heteroatoms. The Morgan fingerprint density at radius 1 is 1.09 bits per heavy atom. The van der Waals surface area contributed by atoms with Crippen LogP contribution in [0.3, 0.4) is 0 Å². The van der Waals surface area contributed by atoms with Gasteiger partial charge in [-0.05, 0) is 64.3 Å². The number of halogens is 3. The Hall–Kier alpha value is -2.48. The van der Waals surface area contributed by atoms with Crippen molar-refractivity contribution in [2.45, 2.75) is 39.7 Å². The highest BCUT2D eigenvalue weighted by molar-refractivity contribution is 9.10. The lowest BCUT2D eigenvalue weighted by Gasteiger charge is -2.20. The molecule has 0 radical (unpaired) electrons. The topological polar surface area (TPSA) is 56.5 Å². The van der Waals surface area contributed by atoms with Crippen molar-refractivity contribution in [1.29, 1.82) is 0 Å². The lowest BCUT2D eigenvalue weighted by molar-refractivity contribution is 0.304. The summed E-state index contributed by atoms with van der Waals surface area (Å²) < 4.78 is 8.82. The quantitative estimate of drug-likeness (QED) is 0.216. The van der Waals surface area contributed by atoms with Gasteiger partial charge in [-0.3, -0.25) is 4.79 Å². The number of nitrogens with zero attached hydrogens (tertiary/aromatic N) is 3. The first-order valence-corrected chi connectivity index (χ1v) is 12.9. The van der Waals surface area contributed by atoms with Crippen molar-refractivity contribution < 1.29 is 4.74 Å². The van der Waals surface area contributed by atoms with E-state index in [1.165, 1.54) is 10.2 Å². The third kappa shape index (κ3) is 5.85. The highest BCUT2D eigenvalue weighted by Crippen LogP contribution is 2.35. The van der Waals surface area contributed by atoms with E-state index in [9.17, 15) is 4.79 Å². The summed E-state index contributed by atoms with van der Waals surface area (Å²) in [7, 11) is 0. The lowest BCUT2D eigenvalue weighted by Crippen LogP contribution is -2.29. The molecule has 0 atom stereocenters. The molecular formula is C27H24Br2ClN3O2. The van der Waals surface area contributed by atoms with Crippen molar-refractivity contribution in [1.82, 2.24) is 9.66 Å². The molecule has 0 fully saturated rings. The standard InChI is InChI=1S/C27H24Br2ClN3O2/c1-16-5-7-17(8-6-16)15-35-24-21(29)11-18(12-22(24)30)14-31-33-25(34)20-13-19(28)9-10-23(20)32-26(33)27(2,3)4/h5-14H,15H2,1-4H3. The van der Waals surface area contributed by atoms with Crippen LogP contribution in [0.25, 0.3) is 10.9 Å². The molecule has 0 saturated carbocycles. The molecule has 0 unspecified atom stereocenters. The smallest absolute Gasteiger partial charge is 0.282 e. The fourth-order valence-corrected chi connectivity index (χ4v) is 4.85. The summed E-state index contributed by atoms with van der Waals surface area (Å²) >= 11 is 13.5. The number of ether oxygens (including phenoxy) is 1. The maximum Gasteiger partial charge on any atom is 0.282 e. The lowest BCUT2D eigenvalue weighted by atomic mass is 9.95. The van der Waals surface area contributed by atoms with Crippen LogP contribution in [0.15, 0.2) is 73.4 Å². The molecule has 0 amide bonds. The van der Waals surface area contributed by atoms with E-state index in [1.54, 1.807) is 18.3 Å². The minimum absolute atomic E-state index is 0.235. The second-order valence-corrected chi connectivity index (χ2v) is 11.5. The molecule has 0 spiro atoms. The molecular weight excluding hydrogens is 594 g/mol. The van der Waals surface area contributed by atoms with Crippen LogP contribution < -0.4 is 10.3 Å². The molecule has 180 valence electrons. The number of fused-ring (bicyclic) bond motifs is 1. The monoisotopic (exact) mass is 615 g/mol. The van der Waals surface area contributed by atoms with Crippen LogP contribution in [0.1, 0.15) is 43.3 Å². The van der Waals surface area contributed by atoms with E-state index in [1.807, 2.05) is 70.2 Å². The molecule has 0 bridgehead atoms. The maximum atomic E-state index is 13.3. The molecule has 0 saturated heterocycles. The van der Waals surface area contributed by atoms with E-state index in [0.29, 0.717) is 44.1 Å². The Morgan fingerprint density at radius 2 is 1.80 bits per heavy atom. The van der Waals surface area contributed by atoms with Gasteiger partial charge in [-0.2, -0.15) is 9.78 Å². The molecule has 0 aliphatic rings. The van der Waals surface area contributed by atoms with Crippen molar-refractivity contribution in [3.05, 3.63) is 101 Å². The van der Waals surface area contributed by atoms with Gasteiger partial charge in [0.05, 0.1) is 26.6 Å². The largest absolute Gasteiger partial charge is 0.486 e. The maximum absolute atomic E-state index is 13.3. The first kappa shape index (κ1) is 25.6. The highest BCUT2D eigenvalue weighted by Gasteiger charge is 2.23. The molecule has 4 aromatic rings. The third-order valence-electron chi connectivity index (χ3n) is 5.33. The van der Waals surface area contributed by atoms with Crippen molar-refractivity contribution in [2.75, 3.05) is 0 Å². The number of aromatic nitrogens is 2. The van der Waals surface area contributed by atoms with Gasteiger partial charge in [0.15, 0.2) is 5.75 Å². The first-order valence-electron chi connectivity index (χ1n) is 11.0. The molecule has 3 aromatic carbocycles. The van der Waals surface area contributed by atoms with Gasteiger partial charge in [-0.15, -0.1) is 0 Å². The average molecular weight is 618 g/mol. The summed E-state index contributed by atoms with van der Waals surface area (Å²) in [6.45, 7) is 8.44. The summed E-state index contributed by atoms with van der Waals surface area (Å²) in [6.07, 6.45) is 1.60. The third-order valence-corrected chi connectivity index (χ3v) is 6.69. The van der Waals surface area contributed by atoms with Gasteiger partial charge in [0, 0.05) is 9.89 Å². The zero-order chi connectivity index (χ0) is 25.3. The Balaban J connectivity index is 1.68. The molecule has 1 heterocycles. The summed E-state index contributed by atoms with van der Waals surface area (Å²) in [6, 6.07) is 17.2. The zero-order valence-electron chi connectivity index (χ0n) is 19.8. The predicted molar refractivity (Wildman–Crippen MR) is 150 cm³/mol. The van der Waals surface area contributed by atoms with Gasteiger partial charge in [0.2, 0.25) is 0 Å². The van der Waals surface area contributed by atoms with Crippen molar-refractivity contribution in [3.63, 3.8) is 0 Å². The van der Waals surface area contributed by atoms with Crippen molar-refractivity contribution in [2.24, 2.45) is 5.10 Å². The Kier molecular flexibility index (Phi) is 7.50. The van der Waals surface area contributed by atoms with Crippen LogP contribution in [-0.2, 0) is 12.0 Å². The van der Waals surface area contributed by atoms with E-state index in [4.69, 9.17) is 21.3 Å². The number of benzene rings is 3. The van der Waals surface area contributed by atoms with Crippen LogP contribution in [0.4, 0.5) is 0 Å². The van der Waals surface area contributed by atoms with E-state index in [-0.39, 0.29) is 5.56 Å². The summed E-state index contributed by atoms with van der Waals surface area (Å²) in [4.78, 5) is 18.1. The van der Waals surface area contributed by atoms with Crippen LogP contribution in [0.2, 0.25) is 5.02 Å². The number of hydrogen-bond acceptors (Lipinski definition) is 4. The minimum Gasteiger partial charge on any atom is -0.486 e. The Labute approximate surface area is 226 Å². The van der Waals surface area contributed by atoms with Crippen molar-refractivity contribution in [3.8, 4) is 5.75 Å². The normalized spacial score (nSPS) is 12.0. The van der Waals surface area contributed by atoms with E-state index < -0.39 is 5.41 Å². The van der Waals surface area contributed by atoms with E-state index >= 15 is 0 Å². The van der Waals surface area contributed by atoms with Gasteiger partial charge >= 0.3 is 0 Å². The number of hydrogen-bond donors (Lipinski definition) is 0. The molecule has 4 rings (SSSR count). The van der Waals surface area contributed by atoms with Crippen LogP contribution >= 0.6 is 43.5 Å². The van der Waals surface area contributed by atoms with E-state index in [2.05, 4.69) is 37.0 Å². The molecule has 0 aliphatic carbocycles. The SMILES string of the molecule is Cc1ccc(COc2c(Cl)cc(C=Nn3c(C(C)(C)C)nc4ccc(Br)cc4c3=O)cc2Br)cc1. The van der Waals surface area contributed by atoms with Crippen LogP contribution in [0, 0.1) is 6.92 Å². The Bertz CT molecular complexity index is 1470. The zero-order valence-corrected chi connectivity index (χ0v) is 23.7. The summed E-state index contributed by atoms with van der Waals surface area (Å²) in [5.41, 5.74) is 2.96. The van der Waals surface area contributed by atoms with Crippen LogP contribution in [0.5, 0.6) is 5.75 Å². The van der Waals surface area contributed by atoms with Gasteiger partial charge in [0.25, 0.3) is 5.56 Å². The minimum atomic E-state index is -0.399. The fraction of sp³-hybridized carbons (Fsp3) is 0.222. The molecule has 5 nitrogen and oxygen atoms in total. The van der Waals surface area contributed by atoms with E-state index in [0.717, 1.165) is 10.0 Å². The average Bonchev–Trinajstić information content (AvgIpc) is 2.78. The van der Waals surface area contributed by atoms with Gasteiger partial charge in [-0.1, -0.05) is 78.1 Å². The molecule has 1 aromatic heterocycles. The second-order valence-electron chi connectivity index (χ2n) is 9.30. The second kappa shape index (κ2) is 10.2. The number of aryl methyl sites for hydroxylation is 1. The van der Waals surface area contributed by atoms with Gasteiger partial charge < -0.3 is 4.74 Å². The number of rotatable bonds is 5. The molecule has 0 N–H and O–H groups in total. The molecule has 0 aliphatic heterocycles. The van der Waals surface area contributed by atoms with Gasteiger partial charge in [0.1, 0.15) is 12.4 Å². The van der Waals surface area contributed by atoms with Gasteiger partial charge in [-0.25, -0.2) is 4.98 Å². The first-order chi connectivity index (χ1) is 16.5. The summed E-state index contributed by atoms with van der Waals surface area (Å²) in [5, 5.41) is 5.45.